The van der Waals surface area contributed by atoms with E-state index in [0.29, 0.717) is 11.8 Å². The van der Waals surface area contributed by atoms with Crippen LogP contribution in [0.5, 0.6) is 5.75 Å². The maximum absolute atomic E-state index is 10.7. The zero-order valence-electron chi connectivity index (χ0n) is 13.1. The van der Waals surface area contributed by atoms with Gasteiger partial charge in [0.15, 0.2) is 0 Å². The highest BCUT2D eigenvalue weighted by Gasteiger charge is 2.27. The van der Waals surface area contributed by atoms with Gasteiger partial charge in [0.05, 0.1) is 0 Å². The average Bonchev–Trinajstić information content (AvgIpc) is 2.47. The molecule has 1 aliphatic rings. The first-order chi connectivity index (χ1) is 10.1. The van der Waals surface area contributed by atoms with Crippen LogP contribution in [0.25, 0.3) is 10.8 Å². The summed E-state index contributed by atoms with van der Waals surface area (Å²) in [5, 5.41) is 12.7. The van der Waals surface area contributed by atoms with Crippen molar-refractivity contribution in [1.29, 1.82) is 0 Å². The zero-order chi connectivity index (χ0) is 15.0. The number of hydrogen-bond donors (Lipinski definition) is 1. The van der Waals surface area contributed by atoms with Gasteiger partial charge in [-0.2, -0.15) is 0 Å². The third-order valence-electron chi connectivity index (χ3n) is 4.76. The number of likely N-dealkylation sites (N-methyl/N-ethyl adjacent to an activating group) is 1. The fourth-order valence-corrected chi connectivity index (χ4v) is 3.52. The van der Waals surface area contributed by atoms with E-state index in [0.717, 1.165) is 36.0 Å². The molecule has 1 fully saturated rings. The van der Waals surface area contributed by atoms with Gasteiger partial charge in [0.2, 0.25) is 0 Å². The van der Waals surface area contributed by atoms with E-state index in [2.05, 4.69) is 42.8 Å². The second-order valence-electron chi connectivity index (χ2n) is 6.25. The van der Waals surface area contributed by atoms with E-state index in [1.807, 2.05) is 24.3 Å². The number of phenols is 1. The quantitative estimate of drug-likeness (QED) is 0.917. The molecule has 2 aromatic rings. The second kappa shape index (κ2) is 5.66. The number of fused-ring (bicyclic) bond motifs is 1. The molecule has 0 radical (unpaired) electrons. The summed E-state index contributed by atoms with van der Waals surface area (Å²) in [5.41, 5.74) is 1.03. The Morgan fingerprint density at radius 3 is 2.67 bits per heavy atom. The Kier molecular flexibility index (Phi) is 3.87. The number of benzene rings is 2. The number of rotatable bonds is 2. The standard InChI is InChI=1S/C18H24N2O/c1-13-12-19(3)10-11-20(13)14(2)16-9-8-15-6-4-5-7-17(15)18(16)21/h4-9,13-14,21H,10-12H2,1-3H3. The van der Waals surface area contributed by atoms with Crippen LogP contribution in [0.3, 0.4) is 0 Å². The van der Waals surface area contributed by atoms with E-state index in [1.165, 1.54) is 0 Å². The van der Waals surface area contributed by atoms with Gasteiger partial charge in [0.1, 0.15) is 5.75 Å². The molecule has 1 aliphatic heterocycles. The summed E-state index contributed by atoms with van der Waals surface area (Å²) in [6, 6.07) is 13.0. The van der Waals surface area contributed by atoms with E-state index < -0.39 is 0 Å². The summed E-state index contributed by atoms with van der Waals surface area (Å²) in [4.78, 5) is 4.86. The topological polar surface area (TPSA) is 26.7 Å². The van der Waals surface area contributed by atoms with Gasteiger partial charge < -0.3 is 10.0 Å². The minimum atomic E-state index is 0.235. The van der Waals surface area contributed by atoms with E-state index >= 15 is 0 Å². The summed E-state index contributed by atoms with van der Waals surface area (Å²) < 4.78 is 0. The first-order valence-electron chi connectivity index (χ1n) is 7.73. The normalized spacial score (nSPS) is 22.5. The highest BCUT2D eigenvalue weighted by atomic mass is 16.3. The minimum Gasteiger partial charge on any atom is -0.507 e. The third kappa shape index (κ3) is 2.63. The summed E-state index contributed by atoms with van der Waals surface area (Å²) in [6.45, 7) is 7.68. The molecule has 0 saturated carbocycles. The molecule has 2 aromatic carbocycles. The lowest BCUT2D eigenvalue weighted by Gasteiger charge is -2.42. The lowest BCUT2D eigenvalue weighted by Crippen LogP contribution is -2.51. The Morgan fingerprint density at radius 2 is 1.90 bits per heavy atom. The molecule has 112 valence electrons. The van der Waals surface area contributed by atoms with Crippen molar-refractivity contribution in [3.05, 3.63) is 42.0 Å². The lowest BCUT2D eigenvalue weighted by molar-refractivity contribution is 0.0665. The number of piperazine rings is 1. The van der Waals surface area contributed by atoms with Gasteiger partial charge in [-0.15, -0.1) is 0 Å². The van der Waals surface area contributed by atoms with E-state index in [1.54, 1.807) is 0 Å². The molecule has 3 heteroatoms. The van der Waals surface area contributed by atoms with Crippen molar-refractivity contribution in [3.63, 3.8) is 0 Å². The molecule has 3 rings (SSSR count). The van der Waals surface area contributed by atoms with E-state index in [4.69, 9.17) is 0 Å². The lowest BCUT2D eigenvalue weighted by atomic mass is 9.98. The molecular weight excluding hydrogens is 260 g/mol. The molecule has 0 amide bonds. The summed E-state index contributed by atoms with van der Waals surface area (Å²) >= 11 is 0. The third-order valence-corrected chi connectivity index (χ3v) is 4.76. The molecule has 0 spiro atoms. The zero-order valence-corrected chi connectivity index (χ0v) is 13.1. The van der Waals surface area contributed by atoms with Crippen LogP contribution < -0.4 is 0 Å². The Labute approximate surface area is 126 Å². The monoisotopic (exact) mass is 284 g/mol. The van der Waals surface area contributed by atoms with Crippen molar-refractivity contribution in [2.75, 3.05) is 26.7 Å². The molecule has 21 heavy (non-hydrogen) atoms. The largest absolute Gasteiger partial charge is 0.507 e. The van der Waals surface area contributed by atoms with E-state index in [9.17, 15) is 5.11 Å². The van der Waals surface area contributed by atoms with Crippen molar-refractivity contribution < 1.29 is 5.11 Å². The highest BCUT2D eigenvalue weighted by Crippen LogP contribution is 2.35. The maximum Gasteiger partial charge on any atom is 0.128 e. The first-order valence-corrected chi connectivity index (χ1v) is 7.73. The average molecular weight is 284 g/mol. The summed E-state index contributed by atoms with van der Waals surface area (Å²) in [6.07, 6.45) is 0. The molecule has 2 atom stereocenters. The summed E-state index contributed by atoms with van der Waals surface area (Å²) in [7, 11) is 2.17. The number of aromatic hydroxyl groups is 1. The number of phenolic OH excluding ortho intramolecular Hbond substituents is 1. The smallest absolute Gasteiger partial charge is 0.128 e. The van der Waals surface area contributed by atoms with Crippen LogP contribution in [-0.2, 0) is 0 Å². The van der Waals surface area contributed by atoms with Crippen LogP contribution in [0.2, 0.25) is 0 Å². The molecule has 1 heterocycles. The molecule has 1 saturated heterocycles. The molecule has 0 aliphatic carbocycles. The maximum atomic E-state index is 10.7. The molecule has 0 aromatic heterocycles. The SMILES string of the molecule is CC1CN(C)CCN1C(C)c1ccc2ccccc2c1O. The van der Waals surface area contributed by atoms with Crippen LogP contribution in [0.4, 0.5) is 0 Å². The summed E-state index contributed by atoms with van der Waals surface area (Å²) in [5.74, 6) is 0.437. The second-order valence-corrected chi connectivity index (χ2v) is 6.25. The Hall–Kier alpha value is -1.58. The van der Waals surface area contributed by atoms with Gasteiger partial charge >= 0.3 is 0 Å². The Morgan fingerprint density at radius 1 is 1.14 bits per heavy atom. The van der Waals surface area contributed by atoms with Crippen LogP contribution in [0.1, 0.15) is 25.5 Å². The van der Waals surface area contributed by atoms with Gasteiger partial charge in [0.25, 0.3) is 0 Å². The van der Waals surface area contributed by atoms with Crippen molar-refractivity contribution in [3.8, 4) is 5.75 Å². The molecule has 3 nitrogen and oxygen atoms in total. The van der Waals surface area contributed by atoms with Crippen LogP contribution in [-0.4, -0.2) is 47.6 Å². The van der Waals surface area contributed by atoms with Crippen molar-refractivity contribution in [1.82, 2.24) is 9.80 Å². The van der Waals surface area contributed by atoms with Gasteiger partial charge in [-0.1, -0.05) is 36.4 Å². The predicted octanol–water partition coefficient (Wildman–Crippen LogP) is 3.24. The van der Waals surface area contributed by atoms with Gasteiger partial charge in [-0.05, 0) is 26.3 Å². The van der Waals surface area contributed by atoms with Crippen LogP contribution in [0.15, 0.2) is 36.4 Å². The first kappa shape index (κ1) is 14.4. The number of hydrogen-bond acceptors (Lipinski definition) is 3. The van der Waals surface area contributed by atoms with Crippen LogP contribution in [0, 0.1) is 0 Å². The van der Waals surface area contributed by atoms with Gasteiger partial charge in [-0.3, -0.25) is 4.90 Å². The predicted molar refractivity (Wildman–Crippen MR) is 87.7 cm³/mol. The van der Waals surface area contributed by atoms with Gasteiger partial charge in [0, 0.05) is 42.7 Å². The van der Waals surface area contributed by atoms with Crippen molar-refractivity contribution in [2.45, 2.75) is 25.9 Å². The minimum absolute atomic E-state index is 0.235. The Bertz CT molecular complexity index is 640. The van der Waals surface area contributed by atoms with Crippen LogP contribution >= 0.6 is 0 Å². The molecule has 1 N–H and O–H groups in total. The Balaban J connectivity index is 1.94. The highest BCUT2D eigenvalue weighted by molar-refractivity contribution is 5.89. The van der Waals surface area contributed by atoms with Crippen molar-refractivity contribution in [2.24, 2.45) is 0 Å². The van der Waals surface area contributed by atoms with Crippen molar-refractivity contribution >= 4 is 10.8 Å². The van der Waals surface area contributed by atoms with E-state index in [-0.39, 0.29) is 6.04 Å². The molecule has 0 bridgehead atoms. The fraction of sp³-hybridized carbons (Fsp3) is 0.444. The number of nitrogens with zero attached hydrogens (tertiary/aromatic N) is 2. The van der Waals surface area contributed by atoms with Gasteiger partial charge in [-0.25, -0.2) is 0 Å². The fourth-order valence-electron chi connectivity index (χ4n) is 3.52. The molecular formula is C18H24N2O. The molecule has 2 unspecified atom stereocenters.